The summed E-state index contributed by atoms with van der Waals surface area (Å²) in [6.45, 7) is 6.56. The number of aromatic nitrogens is 1. The zero-order valence-corrected chi connectivity index (χ0v) is 15.8. The Bertz CT molecular complexity index is 969. The Hall–Kier alpha value is -2.83. The van der Waals surface area contributed by atoms with E-state index in [-0.39, 0.29) is 5.56 Å². The Morgan fingerprint density at radius 3 is 2.70 bits per heavy atom. The van der Waals surface area contributed by atoms with Crippen LogP contribution in [0, 0.1) is 0 Å². The van der Waals surface area contributed by atoms with Gasteiger partial charge in [-0.2, -0.15) is 0 Å². The van der Waals surface area contributed by atoms with Crippen molar-refractivity contribution < 1.29 is 19.4 Å². The van der Waals surface area contributed by atoms with Crippen LogP contribution in [0.2, 0.25) is 0 Å². The van der Waals surface area contributed by atoms with Crippen molar-refractivity contribution >= 4 is 23.0 Å². The summed E-state index contributed by atoms with van der Waals surface area (Å²) in [6, 6.07) is 3.85. The molecule has 7 heteroatoms. The van der Waals surface area contributed by atoms with E-state index in [0.717, 1.165) is 23.1 Å². The van der Waals surface area contributed by atoms with E-state index in [1.807, 2.05) is 25.3 Å². The summed E-state index contributed by atoms with van der Waals surface area (Å²) in [5, 5.41) is 12.4. The van der Waals surface area contributed by atoms with E-state index in [2.05, 4.69) is 11.4 Å². The molecule has 27 heavy (non-hydrogen) atoms. The quantitative estimate of drug-likeness (QED) is 0.787. The summed E-state index contributed by atoms with van der Waals surface area (Å²) < 4.78 is 7.04. The van der Waals surface area contributed by atoms with E-state index >= 15 is 0 Å². The smallest absolute Gasteiger partial charge is 0.407 e. The fraction of sp³-hybridized carbons (Fsp3) is 0.450. The van der Waals surface area contributed by atoms with Crippen LogP contribution in [-0.4, -0.2) is 33.9 Å². The first-order chi connectivity index (χ1) is 12.7. The van der Waals surface area contributed by atoms with E-state index in [1.165, 1.54) is 6.20 Å². The average molecular weight is 372 g/mol. The van der Waals surface area contributed by atoms with Crippen LogP contribution < -0.4 is 10.7 Å². The number of ether oxygens (including phenoxy) is 1. The highest BCUT2D eigenvalue weighted by atomic mass is 16.6. The SMILES string of the molecule is CC(C)(C)OC(=O)NCCCc1cc2c3c(c1)c(=O)c(C(=O)O)cn3CC2. The number of nitrogens with zero attached hydrogens (tertiary/aromatic N) is 1. The van der Waals surface area contributed by atoms with E-state index in [0.29, 0.717) is 31.3 Å². The number of carbonyl (C=O) groups is 2. The lowest BCUT2D eigenvalue weighted by Crippen LogP contribution is -2.33. The lowest BCUT2D eigenvalue weighted by atomic mass is 10.0. The second-order valence-electron chi connectivity index (χ2n) is 7.80. The maximum absolute atomic E-state index is 12.5. The predicted octanol–water partition coefficient (Wildman–Crippen LogP) is 2.71. The van der Waals surface area contributed by atoms with Gasteiger partial charge in [-0.15, -0.1) is 0 Å². The number of rotatable bonds is 5. The maximum Gasteiger partial charge on any atom is 0.407 e. The molecule has 0 fully saturated rings. The minimum atomic E-state index is -1.20. The Balaban J connectivity index is 1.74. The van der Waals surface area contributed by atoms with Gasteiger partial charge in [0.15, 0.2) is 0 Å². The molecule has 0 saturated heterocycles. The molecule has 2 aromatic rings. The van der Waals surface area contributed by atoms with Crippen LogP contribution in [0.1, 0.15) is 48.7 Å². The minimum Gasteiger partial charge on any atom is -0.477 e. The van der Waals surface area contributed by atoms with Crippen molar-refractivity contribution in [3.8, 4) is 0 Å². The number of hydrogen-bond donors (Lipinski definition) is 2. The van der Waals surface area contributed by atoms with Crippen molar-refractivity contribution in [3.63, 3.8) is 0 Å². The van der Waals surface area contributed by atoms with Crippen molar-refractivity contribution in [2.45, 2.75) is 52.2 Å². The highest BCUT2D eigenvalue weighted by Gasteiger charge is 2.21. The number of pyridine rings is 1. The predicted molar refractivity (Wildman–Crippen MR) is 101 cm³/mol. The molecule has 7 nitrogen and oxygen atoms in total. The molecule has 0 radical (unpaired) electrons. The number of amides is 1. The third-order valence-corrected chi connectivity index (χ3v) is 4.47. The van der Waals surface area contributed by atoms with Gasteiger partial charge in [0.1, 0.15) is 11.2 Å². The van der Waals surface area contributed by atoms with Crippen LogP contribution in [0.5, 0.6) is 0 Å². The number of carboxylic acids is 1. The Morgan fingerprint density at radius 2 is 2.04 bits per heavy atom. The second kappa shape index (κ2) is 7.06. The molecule has 0 atom stereocenters. The zero-order valence-electron chi connectivity index (χ0n) is 15.8. The highest BCUT2D eigenvalue weighted by molar-refractivity contribution is 5.94. The summed E-state index contributed by atoms with van der Waals surface area (Å²) in [4.78, 5) is 35.5. The lowest BCUT2D eigenvalue weighted by Gasteiger charge is -2.19. The van der Waals surface area contributed by atoms with Gasteiger partial charge in [0, 0.05) is 24.7 Å². The van der Waals surface area contributed by atoms with Crippen molar-refractivity contribution in [2.24, 2.45) is 0 Å². The number of benzene rings is 1. The van der Waals surface area contributed by atoms with Crippen LogP contribution in [-0.2, 0) is 24.1 Å². The Kier molecular flexibility index (Phi) is 4.95. The molecule has 144 valence electrons. The molecule has 0 unspecified atom stereocenters. The standard InChI is InChI=1S/C20H24N2O5/c1-20(2,3)27-19(26)21-7-4-5-12-9-13-6-8-22-11-15(18(24)25)17(23)14(10-12)16(13)22/h9-11H,4-8H2,1-3H3,(H,21,26)(H,24,25). The lowest BCUT2D eigenvalue weighted by molar-refractivity contribution is 0.0526. The number of alkyl carbamates (subject to hydrolysis) is 1. The van der Waals surface area contributed by atoms with Gasteiger partial charge >= 0.3 is 12.1 Å². The molecule has 1 aliphatic heterocycles. The van der Waals surface area contributed by atoms with E-state index < -0.39 is 23.1 Å². The molecule has 1 aromatic carbocycles. The molecule has 0 aliphatic carbocycles. The largest absolute Gasteiger partial charge is 0.477 e. The zero-order chi connectivity index (χ0) is 19.8. The normalized spacial score (nSPS) is 13.0. The van der Waals surface area contributed by atoms with Gasteiger partial charge in [0.2, 0.25) is 5.43 Å². The van der Waals surface area contributed by atoms with Gasteiger partial charge in [-0.1, -0.05) is 6.07 Å². The molecule has 0 bridgehead atoms. The second-order valence-corrected chi connectivity index (χ2v) is 7.80. The third-order valence-electron chi connectivity index (χ3n) is 4.47. The van der Waals surface area contributed by atoms with E-state index in [4.69, 9.17) is 4.74 Å². The summed E-state index contributed by atoms with van der Waals surface area (Å²) >= 11 is 0. The first-order valence-electron chi connectivity index (χ1n) is 9.05. The molecule has 1 aromatic heterocycles. The number of nitrogens with one attached hydrogen (secondary N) is 1. The number of hydrogen-bond acceptors (Lipinski definition) is 4. The van der Waals surface area contributed by atoms with Crippen molar-refractivity contribution in [1.82, 2.24) is 9.88 Å². The summed E-state index contributed by atoms with van der Waals surface area (Å²) in [5.74, 6) is -1.20. The highest BCUT2D eigenvalue weighted by Crippen LogP contribution is 2.26. The summed E-state index contributed by atoms with van der Waals surface area (Å²) in [7, 11) is 0. The first kappa shape index (κ1) is 18.9. The fourth-order valence-electron chi connectivity index (χ4n) is 3.40. The third kappa shape index (κ3) is 4.13. The molecular weight excluding hydrogens is 348 g/mol. The van der Waals surface area contributed by atoms with Crippen LogP contribution in [0.3, 0.4) is 0 Å². The number of aryl methyl sites for hydroxylation is 3. The molecule has 0 spiro atoms. The van der Waals surface area contributed by atoms with Crippen molar-refractivity contribution in [2.75, 3.05) is 6.54 Å². The van der Waals surface area contributed by atoms with Gasteiger partial charge in [-0.05, 0) is 57.2 Å². The molecule has 2 N–H and O–H groups in total. The Labute approximate surface area is 156 Å². The Morgan fingerprint density at radius 1 is 1.30 bits per heavy atom. The van der Waals surface area contributed by atoms with Gasteiger partial charge in [0.25, 0.3) is 0 Å². The molecule has 1 aliphatic rings. The van der Waals surface area contributed by atoms with Crippen LogP contribution in [0.4, 0.5) is 4.79 Å². The van der Waals surface area contributed by atoms with Crippen molar-refractivity contribution in [3.05, 3.63) is 45.2 Å². The van der Waals surface area contributed by atoms with Gasteiger partial charge in [-0.25, -0.2) is 9.59 Å². The van der Waals surface area contributed by atoms with E-state index in [9.17, 15) is 19.5 Å². The number of carbonyl (C=O) groups excluding carboxylic acids is 1. The monoisotopic (exact) mass is 372 g/mol. The van der Waals surface area contributed by atoms with Gasteiger partial charge in [0.05, 0.1) is 5.52 Å². The summed E-state index contributed by atoms with van der Waals surface area (Å²) in [6.07, 6.45) is 3.14. The van der Waals surface area contributed by atoms with Crippen LogP contribution in [0.25, 0.3) is 10.9 Å². The van der Waals surface area contributed by atoms with Gasteiger partial charge < -0.3 is 19.7 Å². The molecule has 1 amide bonds. The average Bonchev–Trinajstić information content (AvgIpc) is 2.96. The van der Waals surface area contributed by atoms with Gasteiger partial charge in [-0.3, -0.25) is 4.79 Å². The van der Waals surface area contributed by atoms with Crippen molar-refractivity contribution in [1.29, 1.82) is 0 Å². The summed E-state index contributed by atoms with van der Waals surface area (Å²) in [5.41, 5.74) is 1.70. The number of carboxylic acid groups (broad SMARTS) is 1. The fourth-order valence-corrected chi connectivity index (χ4v) is 3.40. The van der Waals surface area contributed by atoms with Crippen LogP contribution >= 0.6 is 0 Å². The number of aromatic carboxylic acids is 1. The minimum absolute atomic E-state index is 0.195. The molecule has 2 heterocycles. The first-order valence-corrected chi connectivity index (χ1v) is 9.05. The van der Waals surface area contributed by atoms with Crippen LogP contribution in [0.15, 0.2) is 23.1 Å². The molecule has 0 saturated carbocycles. The maximum atomic E-state index is 12.5. The van der Waals surface area contributed by atoms with E-state index in [1.54, 1.807) is 6.07 Å². The topological polar surface area (TPSA) is 97.6 Å². The molecule has 3 rings (SSSR count). The molecular formula is C20H24N2O5.